The molecule has 1 aromatic rings. The van der Waals surface area contributed by atoms with Crippen molar-refractivity contribution in [3.05, 3.63) is 28.8 Å². The van der Waals surface area contributed by atoms with E-state index < -0.39 is 17.9 Å². The highest BCUT2D eigenvalue weighted by Crippen LogP contribution is 2.23. The van der Waals surface area contributed by atoms with Crippen molar-refractivity contribution in [1.29, 1.82) is 0 Å². The molecule has 0 unspecified atom stereocenters. The number of ether oxygens (including phenoxy) is 1. The van der Waals surface area contributed by atoms with E-state index in [2.05, 4.69) is 5.32 Å². The standard InChI is InChI=1S/C12H14ClNO4/c1-3-18-10-6-8(13)4-5-9(10)11(15)14-7(2)12(16)17/h4-7H,3H2,1-2H3,(H,14,15)(H,16,17)/t7-/m0/s1. The number of hydrogen-bond acceptors (Lipinski definition) is 3. The maximum atomic E-state index is 11.9. The van der Waals surface area contributed by atoms with Crippen LogP contribution in [0.5, 0.6) is 5.75 Å². The number of aliphatic carboxylic acids is 1. The van der Waals surface area contributed by atoms with E-state index in [-0.39, 0.29) is 5.56 Å². The smallest absolute Gasteiger partial charge is 0.325 e. The van der Waals surface area contributed by atoms with Gasteiger partial charge in [-0.25, -0.2) is 0 Å². The van der Waals surface area contributed by atoms with Gasteiger partial charge in [0.25, 0.3) is 5.91 Å². The van der Waals surface area contributed by atoms with Crippen LogP contribution in [-0.2, 0) is 4.79 Å². The fourth-order valence-corrected chi connectivity index (χ4v) is 1.46. The van der Waals surface area contributed by atoms with Crippen LogP contribution in [0.25, 0.3) is 0 Å². The molecule has 1 aromatic carbocycles. The Morgan fingerprint density at radius 2 is 2.17 bits per heavy atom. The van der Waals surface area contributed by atoms with E-state index in [1.54, 1.807) is 13.0 Å². The third-order valence-electron chi connectivity index (χ3n) is 2.21. The number of carbonyl (C=O) groups excluding carboxylic acids is 1. The monoisotopic (exact) mass is 271 g/mol. The summed E-state index contributed by atoms with van der Waals surface area (Å²) in [7, 11) is 0. The van der Waals surface area contributed by atoms with Gasteiger partial charge < -0.3 is 15.2 Å². The van der Waals surface area contributed by atoms with Crippen LogP contribution in [0, 0.1) is 0 Å². The third-order valence-corrected chi connectivity index (χ3v) is 2.44. The van der Waals surface area contributed by atoms with Gasteiger partial charge in [-0.3, -0.25) is 9.59 Å². The van der Waals surface area contributed by atoms with Gasteiger partial charge >= 0.3 is 5.97 Å². The molecule has 0 saturated carbocycles. The summed E-state index contributed by atoms with van der Waals surface area (Å²) in [5, 5.41) is 11.5. The zero-order chi connectivity index (χ0) is 13.7. The van der Waals surface area contributed by atoms with Crippen LogP contribution in [0.2, 0.25) is 5.02 Å². The number of benzene rings is 1. The van der Waals surface area contributed by atoms with Crippen molar-refractivity contribution in [2.75, 3.05) is 6.61 Å². The Bertz CT molecular complexity index is 461. The molecule has 0 aliphatic carbocycles. The molecule has 18 heavy (non-hydrogen) atoms. The number of halogens is 1. The summed E-state index contributed by atoms with van der Waals surface area (Å²) in [6.07, 6.45) is 0. The molecule has 1 rings (SSSR count). The topological polar surface area (TPSA) is 75.6 Å². The Labute approximate surface area is 110 Å². The van der Waals surface area contributed by atoms with Crippen molar-refractivity contribution in [1.82, 2.24) is 5.32 Å². The predicted octanol–water partition coefficient (Wildman–Crippen LogP) is 1.94. The summed E-state index contributed by atoms with van der Waals surface area (Å²) >= 11 is 5.81. The molecule has 1 amide bonds. The molecule has 0 aromatic heterocycles. The highest BCUT2D eigenvalue weighted by molar-refractivity contribution is 6.30. The third kappa shape index (κ3) is 3.63. The molecule has 5 nitrogen and oxygen atoms in total. The lowest BCUT2D eigenvalue weighted by Crippen LogP contribution is -2.38. The molecule has 0 aliphatic rings. The van der Waals surface area contributed by atoms with Crippen LogP contribution in [0.4, 0.5) is 0 Å². The van der Waals surface area contributed by atoms with E-state index in [9.17, 15) is 9.59 Å². The number of carbonyl (C=O) groups is 2. The van der Waals surface area contributed by atoms with Crippen molar-refractivity contribution >= 4 is 23.5 Å². The highest BCUT2D eigenvalue weighted by Gasteiger charge is 2.18. The van der Waals surface area contributed by atoms with Crippen LogP contribution >= 0.6 is 11.6 Å². The van der Waals surface area contributed by atoms with E-state index in [0.29, 0.717) is 17.4 Å². The van der Waals surface area contributed by atoms with Crippen molar-refractivity contribution in [2.24, 2.45) is 0 Å². The van der Waals surface area contributed by atoms with Crippen molar-refractivity contribution < 1.29 is 19.4 Å². The average molecular weight is 272 g/mol. The van der Waals surface area contributed by atoms with E-state index in [1.165, 1.54) is 19.1 Å². The van der Waals surface area contributed by atoms with Crippen molar-refractivity contribution in [3.63, 3.8) is 0 Å². The quantitative estimate of drug-likeness (QED) is 0.858. The molecule has 0 radical (unpaired) electrons. The van der Waals surface area contributed by atoms with E-state index >= 15 is 0 Å². The van der Waals surface area contributed by atoms with Gasteiger partial charge in [0.05, 0.1) is 12.2 Å². The van der Waals surface area contributed by atoms with Gasteiger partial charge in [0.1, 0.15) is 11.8 Å². The summed E-state index contributed by atoms with van der Waals surface area (Å²) in [5.41, 5.74) is 0.259. The first-order valence-electron chi connectivity index (χ1n) is 5.41. The Morgan fingerprint density at radius 3 is 2.72 bits per heavy atom. The van der Waals surface area contributed by atoms with E-state index in [0.717, 1.165) is 0 Å². The van der Waals surface area contributed by atoms with Gasteiger partial charge in [-0.05, 0) is 32.0 Å². The molecule has 0 bridgehead atoms. The molecule has 0 spiro atoms. The first-order valence-corrected chi connectivity index (χ1v) is 5.79. The number of hydrogen-bond donors (Lipinski definition) is 2. The first-order chi connectivity index (χ1) is 8.45. The summed E-state index contributed by atoms with van der Waals surface area (Å²) in [4.78, 5) is 22.5. The SMILES string of the molecule is CCOc1cc(Cl)ccc1C(=O)N[C@@H](C)C(=O)O. The van der Waals surface area contributed by atoms with E-state index in [1.807, 2.05) is 0 Å². The minimum absolute atomic E-state index is 0.259. The van der Waals surface area contributed by atoms with Crippen LogP contribution in [0.15, 0.2) is 18.2 Å². The molecule has 2 N–H and O–H groups in total. The minimum Gasteiger partial charge on any atom is -0.493 e. The normalized spacial score (nSPS) is 11.7. The molecule has 0 saturated heterocycles. The molecule has 0 heterocycles. The fourth-order valence-electron chi connectivity index (χ4n) is 1.29. The number of carboxylic acid groups (broad SMARTS) is 1. The average Bonchev–Trinajstić information content (AvgIpc) is 2.29. The lowest BCUT2D eigenvalue weighted by molar-refractivity contribution is -0.138. The molecular weight excluding hydrogens is 258 g/mol. The van der Waals surface area contributed by atoms with Crippen molar-refractivity contribution in [3.8, 4) is 5.75 Å². The molecule has 0 aliphatic heterocycles. The maximum Gasteiger partial charge on any atom is 0.325 e. The first kappa shape index (κ1) is 14.3. The van der Waals surface area contributed by atoms with Gasteiger partial charge in [-0.1, -0.05) is 11.6 Å². The number of amides is 1. The number of rotatable bonds is 5. The minimum atomic E-state index is -1.10. The number of nitrogens with one attached hydrogen (secondary N) is 1. The molecule has 0 fully saturated rings. The molecule has 1 atom stereocenters. The summed E-state index contributed by atoms with van der Waals surface area (Å²) in [6, 6.07) is 3.59. The maximum absolute atomic E-state index is 11.9. The van der Waals surface area contributed by atoms with Crippen LogP contribution in [0.1, 0.15) is 24.2 Å². The second-order valence-electron chi connectivity index (χ2n) is 3.61. The fraction of sp³-hybridized carbons (Fsp3) is 0.333. The zero-order valence-electron chi connectivity index (χ0n) is 10.1. The molecular formula is C12H14ClNO4. The largest absolute Gasteiger partial charge is 0.493 e. The highest BCUT2D eigenvalue weighted by atomic mass is 35.5. The van der Waals surface area contributed by atoms with Crippen LogP contribution in [-0.4, -0.2) is 29.6 Å². The van der Waals surface area contributed by atoms with Crippen LogP contribution < -0.4 is 10.1 Å². The summed E-state index contributed by atoms with van der Waals surface area (Å²) in [6.45, 7) is 3.55. The van der Waals surface area contributed by atoms with Gasteiger partial charge in [-0.15, -0.1) is 0 Å². The Morgan fingerprint density at radius 1 is 1.50 bits per heavy atom. The van der Waals surface area contributed by atoms with Gasteiger partial charge in [-0.2, -0.15) is 0 Å². The number of carboxylic acids is 1. The Balaban J connectivity index is 2.94. The second-order valence-corrected chi connectivity index (χ2v) is 4.04. The summed E-state index contributed by atoms with van der Waals surface area (Å²) < 4.78 is 5.29. The van der Waals surface area contributed by atoms with Crippen molar-refractivity contribution in [2.45, 2.75) is 19.9 Å². The second kappa shape index (κ2) is 6.26. The summed E-state index contributed by atoms with van der Waals surface area (Å²) in [5.74, 6) is -1.28. The van der Waals surface area contributed by atoms with E-state index in [4.69, 9.17) is 21.4 Å². The lowest BCUT2D eigenvalue weighted by atomic mass is 10.1. The molecule has 98 valence electrons. The van der Waals surface area contributed by atoms with Gasteiger partial charge in [0, 0.05) is 5.02 Å². The van der Waals surface area contributed by atoms with Gasteiger partial charge in [0.15, 0.2) is 0 Å². The Kier molecular flexibility index (Phi) is 4.97. The zero-order valence-corrected chi connectivity index (χ0v) is 10.8. The lowest BCUT2D eigenvalue weighted by Gasteiger charge is -2.13. The Hall–Kier alpha value is -1.75. The van der Waals surface area contributed by atoms with Crippen LogP contribution in [0.3, 0.4) is 0 Å². The van der Waals surface area contributed by atoms with Gasteiger partial charge in [0.2, 0.25) is 0 Å². The predicted molar refractivity (Wildman–Crippen MR) is 67.2 cm³/mol. The molecule has 6 heteroatoms.